The molecule has 1 aliphatic heterocycles. The summed E-state index contributed by atoms with van der Waals surface area (Å²) in [5, 5.41) is 8.90. The highest BCUT2D eigenvalue weighted by atomic mass is 16.3. The minimum atomic E-state index is -0.147. The molecule has 100 valence electrons. The van der Waals surface area contributed by atoms with Gasteiger partial charge in [-0.25, -0.2) is 5.84 Å². The Morgan fingerprint density at radius 1 is 1.59 bits per heavy atom. The number of nitrogens with zero attached hydrogens (tertiary/aromatic N) is 1. The van der Waals surface area contributed by atoms with Gasteiger partial charge in [0.05, 0.1) is 6.04 Å². The fraction of sp³-hybridized carbons (Fsp3) is 0.917. The fourth-order valence-electron chi connectivity index (χ4n) is 2.78. The van der Waals surface area contributed by atoms with Gasteiger partial charge in [0.1, 0.15) is 0 Å². The normalized spacial score (nSPS) is 23.0. The Labute approximate surface area is 103 Å². The fourth-order valence-corrected chi connectivity index (χ4v) is 2.78. The molecule has 2 atom stereocenters. The molecule has 0 radical (unpaired) electrons. The van der Waals surface area contributed by atoms with Crippen LogP contribution in [-0.2, 0) is 4.79 Å². The van der Waals surface area contributed by atoms with Crippen molar-refractivity contribution in [3.05, 3.63) is 0 Å². The number of hydrogen-bond donors (Lipinski definition) is 3. The van der Waals surface area contributed by atoms with Crippen LogP contribution in [0.5, 0.6) is 0 Å². The maximum absolute atomic E-state index is 11.8. The number of hydrazine groups is 1. The van der Waals surface area contributed by atoms with E-state index in [1.54, 1.807) is 0 Å². The van der Waals surface area contributed by atoms with E-state index in [1.807, 2.05) is 13.8 Å². The van der Waals surface area contributed by atoms with Crippen LogP contribution in [0, 0.1) is 5.92 Å². The van der Waals surface area contributed by atoms with E-state index in [9.17, 15) is 4.79 Å². The summed E-state index contributed by atoms with van der Waals surface area (Å²) >= 11 is 0. The molecule has 1 saturated heterocycles. The van der Waals surface area contributed by atoms with Crippen molar-refractivity contribution in [2.45, 2.75) is 51.6 Å². The molecule has 1 amide bonds. The lowest BCUT2D eigenvalue weighted by molar-refractivity contribution is -0.128. The van der Waals surface area contributed by atoms with E-state index in [1.165, 1.54) is 0 Å². The molecule has 5 heteroatoms. The Kier molecular flexibility index (Phi) is 5.88. The number of aliphatic hydroxyl groups is 1. The molecule has 0 bridgehead atoms. The molecule has 0 aromatic rings. The SMILES string of the molecule is CC(C)C(C(=O)NN)N1CCCC1CCCO. The predicted molar refractivity (Wildman–Crippen MR) is 67.0 cm³/mol. The minimum Gasteiger partial charge on any atom is -0.396 e. The van der Waals surface area contributed by atoms with Crippen LogP contribution in [0.25, 0.3) is 0 Å². The van der Waals surface area contributed by atoms with Crippen LogP contribution >= 0.6 is 0 Å². The molecule has 1 heterocycles. The average Bonchev–Trinajstić information content (AvgIpc) is 2.74. The molecule has 17 heavy (non-hydrogen) atoms. The number of carbonyl (C=O) groups is 1. The second kappa shape index (κ2) is 6.93. The quantitative estimate of drug-likeness (QED) is 0.355. The number of likely N-dealkylation sites (tertiary alicyclic amines) is 1. The number of rotatable bonds is 6. The first-order chi connectivity index (χ1) is 8.11. The van der Waals surface area contributed by atoms with Crippen LogP contribution < -0.4 is 11.3 Å². The minimum absolute atomic E-state index is 0.101. The molecule has 1 aliphatic rings. The maximum atomic E-state index is 11.8. The van der Waals surface area contributed by atoms with Crippen molar-refractivity contribution < 1.29 is 9.90 Å². The molecule has 0 spiro atoms. The van der Waals surface area contributed by atoms with Gasteiger partial charge in [-0.3, -0.25) is 15.1 Å². The summed E-state index contributed by atoms with van der Waals surface area (Å²) in [6.45, 7) is 5.26. The summed E-state index contributed by atoms with van der Waals surface area (Å²) in [5.74, 6) is 5.40. The lowest BCUT2D eigenvalue weighted by atomic mass is 9.99. The molecule has 0 saturated carbocycles. The number of amides is 1. The third-order valence-corrected chi connectivity index (χ3v) is 3.52. The number of nitrogens with two attached hydrogens (primary N) is 1. The van der Waals surface area contributed by atoms with E-state index in [0.29, 0.717) is 6.04 Å². The third-order valence-electron chi connectivity index (χ3n) is 3.52. The van der Waals surface area contributed by atoms with Gasteiger partial charge in [-0.1, -0.05) is 13.8 Å². The van der Waals surface area contributed by atoms with Crippen LogP contribution in [0.1, 0.15) is 39.5 Å². The van der Waals surface area contributed by atoms with Crippen molar-refractivity contribution in [3.63, 3.8) is 0 Å². The number of aliphatic hydroxyl groups excluding tert-OH is 1. The number of nitrogens with one attached hydrogen (secondary N) is 1. The molecule has 0 aliphatic carbocycles. The molecule has 0 aromatic carbocycles. The lowest BCUT2D eigenvalue weighted by Crippen LogP contribution is -2.53. The summed E-state index contributed by atoms with van der Waals surface area (Å²) in [5.41, 5.74) is 2.27. The Balaban J connectivity index is 2.68. The highest BCUT2D eigenvalue weighted by molar-refractivity contribution is 5.81. The predicted octanol–water partition coefficient (Wildman–Crippen LogP) is 0.238. The van der Waals surface area contributed by atoms with Crippen LogP contribution in [0.3, 0.4) is 0 Å². The van der Waals surface area contributed by atoms with Crippen LogP contribution in [0.2, 0.25) is 0 Å². The average molecular weight is 243 g/mol. The van der Waals surface area contributed by atoms with Crippen LogP contribution in [-0.4, -0.2) is 41.1 Å². The molecule has 2 unspecified atom stereocenters. The van der Waals surface area contributed by atoms with Gasteiger partial charge >= 0.3 is 0 Å². The van der Waals surface area contributed by atoms with Gasteiger partial charge in [-0.15, -0.1) is 0 Å². The first-order valence-corrected chi connectivity index (χ1v) is 6.48. The first-order valence-electron chi connectivity index (χ1n) is 6.48. The third kappa shape index (κ3) is 3.66. The maximum Gasteiger partial charge on any atom is 0.251 e. The van der Waals surface area contributed by atoms with E-state index < -0.39 is 0 Å². The largest absolute Gasteiger partial charge is 0.396 e. The van der Waals surface area contributed by atoms with E-state index in [2.05, 4.69) is 10.3 Å². The van der Waals surface area contributed by atoms with Gasteiger partial charge in [0.25, 0.3) is 5.91 Å². The number of carbonyl (C=O) groups excluding carboxylic acids is 1. The molecular formula is C12H25N3O2. The summed E-state index contributed by atoms with van der Waals surface area (Å²) in [6.07, 6.45) is 3.99. The van der Waals surface area contributed by atoms with E-state index >= 15 is 0 Å². The van der Waals surface area contributed by atoms with Crippen molar-refractivity contribution in [2.24, 2.45) is 11.8 Å². The van der Waals surface area contributed by atoms with Crippen molar-refractivity contribution >= 4 is 5.91 Å². The van der Waals surface area contributed by atoms with Crippen LogP contribution in [0.15, 0.2) is 0 Å². The zero-order valence-corrected chi connectivity index (χ0v) is 10.9. The van der Waals surface area contributed by atoms with Gasteiger partial charge in [0, 0.05) is 12.6 Å². The lowest BCUT2D eigenvalue weighted by Gasteiger charge is -2.34. The Morgan fingerprint density at radius 2 is 2.29 bits per heavy atom. The summed E-state index contributed by atoms with van der Waals surface area (Å²) < 4.78 is 0. The van der Waals surface area contributed by atoms with E-state index in [-0.39, 0.29) is 24.5 Å². The Hall–Kier alpha value is -0.650. The molecule has 4 N–H and O–H groups in total. The van der Waals surface area contributed by atoms with Gasteiger partial charge < -0.3 is 5.11 Å². The first kappa shape index (κ1) is 14.4. The molecular weight excluding hydrogens is 218 g/mol. The second-order valence-corrected chi connectivity index (χ2v) is 5.10. The monoisotopic (exact) mass is 243 g/mol. The van der Waals surface area contributed by atoms with E-state index in [4.69, 9.17) is 10.9 Å². The zero-order chi connectivity index (χ0) is 12.8. The van der Waals surface area contributed by atoms with Gasteiger partial charge in [-0.05, 0) is 38.1 Å². The van der Waals surface area contributed by atoms with Gasteiger partial charge in [-0.2, -0.15) is 0 Å². The summed E-state index contributed by atoms with van der Waals surface area (Å²) in [6, 6.07) is 0.262. The number of hydrogen-bond acceptors (Lipinski definition) is 4. The summed E-state index contributed by atoms with van der Waals surface area (Å²) in [4.78, 5) is 14.1. The van der Waals surface area contributed by atoms with Crippen molar-refractivity contribution in [1.29, 1.82) is 0 Å². The molecule has 5 nitrogen and oxygen atoms in total. The van der Waals surface area contributed by atoms with E-state index in [0.717, 1.165) is 32.2 Å². The topological polar surface area (TPSA) is 78.6 Å². The zero-order valence-electron chi connectivity index (χ0n) is 10.9. The molecule has 1 rings (SSSR count). The summed E-state index contributed by atoms with van der Waals surface area (Å²) in [7, 11) is 0. The highest BCUT2D eigenvalue weighted by Crippen LogP contribution is 2.26. The smallest absolute Gasteiger partial charge is 0.251 e. The van der Waals surface area contributed by atoms with Crippen molar-refractivity contribution in [3.8, 4) is 0 Å². The van der Waals surface area contributed by atoms with Crippen LogP contribution in [0.4, 0.5) is 0 Å². The van der Waals surface area contributed by atoms with Crippen molar-refractivity contribution in [2.75, 3.05) is 13.2 Å². The van der Waals surface area contributed by atoms with Gasteiger partial charge in [0.15, 0.2) is 0 Å². The Morgan fingerprint density at radius 3 is 2.82 bits per heavy atom. The molecule has 0 aromatic heterocycles. The second-order valence-electron chi connectivity index (χ2n) is 5.10. The standard InChI is InChI=1S/C12H25N3O2/c1-9(2)11(12(17)14-13)15-7-3-5-10(15)6-4-8-16/h9-11,16H,3-8,13H2,1-2H3,(H,14,17). The van der Waals surface area contributed by atoms with Crippen molar-refractivity contribution in [1.82, 2.24) is 10.3 Å². The highest BCUT2D eigenvalue weighted by Gasteiger charge is 2.35. The Bertz CT molecular complexity index is 246. The molecule has 1 fully saturated rings. The van der Waals surface area contributed by atoms with Gasteiger partial charge in [0.2, 0.25) is 0 Å².